The molecule has 0 aliphatic rings. The summed E-state index contributed by atoms with van der Waals surface area (Å²) in [5.74, 6) is 1.22. The number of ether oxygens (including phenoxy) is 2. The van der Waals surface area contributed by atoms with Crippen LogP contribution in [0.25, 0.3) is 21.8 Å². The maximum Gasteiger partial charge on any atom is 0.160 e. The third kappa shape index (κ3) is 3.69. The van der Waals surface area contributed by atoms with Gasteiger partial charge in [0.1, 0.15) is 12.0 Å². The highest BCUT2D eigenvalue weighted by Crippen LogP contribution is 2.29. The number of fused-ring (bicyclic) bond motifs is 3. The monoisotopic (exact) mass is 364 g/mol. The van der Waals surface area contributed by atoms with Crippen LogP contribution in [-0.2, 0) is 0 Å². The number of phenols is 1. The maximum atomic E-state index is 10.2. The van der Waals surface area contributed by atoms with Gasteiger partial charge in [0, 0.05) is 28.6 Å². The predicted octanol–water partition coefficient (Wildman–Crippen LogP) is 4.25. The number of aromatic nitrogens is 2. The average Bonchev–Trinajstić information content (AvgIpc) is 3.07. The summed E-state index contributed by atoms with van der Waals surface area (Å²) >= 11 is 0. The molecule has 0 saturated carbocycles. The molecule has 2 N–H and O–H groups in total. The van der Waals surface area contributed by atoms with E-state index in [0.29, 0.717) is 17.6 Å². The molecule has 0 aliphatic heterocycles. The normalized spacial score (nSPS) is 10.3. The Hall–Kier alpha value is -3.54. The number of benzene rings is 2. The van der Waals surface area contributed by atoms with E-state index >= 15 is 0 Å². The van der Waals surface area contributed by atoms with Gasteiger partial charge in [0.2, 0.25) is 0 Å². The molecule has 0 atom stereocenters. The van der Waals surface area contributed by atoms with E-state index < -0.39 is 0 Å². The van der Waals surface area contributed by atoms with Gasteiger partial charge in [-0.2, -0.15) is 0 Å². The van der Waals surface area contributed by atoms with Gasteiger partial charge in [-0.25, -0.2) is 0 Å². The zero-order valence-electron chi connectivity index (χ0n) is 15.3. The van der Waals surface area contributed by atoms with Crippen molar-refractivity contribution in [3.8, 4) is 17.2 Å². The number of carbonyl (C=O) groups is 1. The van der Waals surface area contributed by atoms with Crippen LogP contribution in [0.5, 0.6) is 17.2 Å². The molecule has 0 unspecified atom stereocenters. The second kappa shape index (κ2) is 7.78. The molecule has 4 rings (SSSR count). The number of aldehydes is 1. The Bertz CT molecular complexity index is 1100. The molecule has 27 heavy (non-hydrogen) atoms. The van der Waals surface area contributed by atoms with Gasteiger partial charge in [-0.1, -0.05) is 0 Å². The molecule has 6 nitrogen and oxygen atoms in total. The van der Waals surface area contributed by atoms with Crippen molar-refractivity contribution in [1.82, 2.24) is 9.97 Å². The number of hydrogen-bond donors (Lipinski definition) is 2. The Morgan fingerprint density at radius 1 is 1.04 bits per heavy atom. The quantitative estimate of drug-likeness (QED) is 0.531. The highest BCUT2D eigenvalue weighted by molar-refractivity contribution is 6.08. The van der Waals surface area contributed by atoms with Gasteiger partial charge in [-0.3, -0.25) is 9.78 Å². The number of pyridine rings is 1. The first-order chi connectivity index (χ1) is 13.1. The van der Waals surface area contributed by atoms with Crippen LogP contribution < -0.4 is 9.47 Å². The lowest BCUT2D eigenvalue weighted by molar-refractivity contribution is 0.112. The van der Waals surface area contributed by atoms with Gasteiger partial charge in [-0.15, -0.1) is 0 Å². The predicted molar refractivity (Wildman–Crippen MR) is 105 cm³/mol. The van der Waals surface area contributed by atoms with Gasteiger partial charge in [-0.05, 0) is 43.3 Å². The van der Waals surface area contributed by atoms with E-state index in [1.165, 1.54) is 23.9 Å². The first-order valence-electron chi connectivity index (χ1n) is 8.30. The van der Waals surface area contributed by atoms with Crippen molar-refractivity contribution < 1.29 is 19.4 Å². The lowest BCUT2D eigenvalue weighted by Gasteiger charge is -2.01. The summed E-state index contributed by atoms with van der Waals surface area (Å²) in [5, 5.41) is 11.6. The largest absolute Gasteiger partial charge is 0.504 e. The minimum Gasteiger partial charge on any atom is -0.504 e. The molecule has 0 bridgehead atoms. The Balaban J connectivity index is 0.000000168. The Morgan fingerprint density at radius 2 is 1.85 bits per heavy atom. The van der Waals surface area contributed by atoms with Crippen molar-refractivity contribution in [2.45, 2.75) is 6.92 Å². The topological polar surface area (TPSA) is 84.4 Å². The Kier molecular flexibility index (Phi) is 5.26. The highest BCUT2D eigenvalue weighted by Gasteiger charge is 2.07. The maximum absolute atomic E-state index is 10.2. The number of H-pyrrole nitrogens is 1. The molecule has 2 aromatic carbocycles. The van der Waals surface area contributed by atoms with Crippen LogP contribution in [0.1, 0.15) is 16.1 Å². The smallest absolute Gasteiger partial charge is 0.160 e. The van der Waals surface area contributed by atoms with E-state index in [1.807, 2.05) is 31.3 Å². The van der Waals surface area contributed by atoms with Crippen molar-refractivity contribution >= 4 is 28.1 Å². The van der Waals surface area contributed by atoms with Crippen LogP contribution in [0.2, 0.25) is 0 Å². The van der Waals surface area contributed by atoms with Gasteiger partial charge >= 0.3 is 0 Å². The number of aromatic hydroxyl groups is 1. The second-order valence-corrected chi connectivity index (χ2v) is 5.90. The van der Waals surface area contributed by atoms with Crippen molar-refractivity contribution in [2.24, 2.45) is 0 Å². The lowest BCUT2D eigenvalue weighted by atomic mass is 10.1. The third-order valence-corrected chi connectivity index (χ3v) is 4.26. The summed E-state index contributed by atoms with van der Waals surface area (Å²) in [6.07, 6.45) is 2.51. The van der Waals surface area contributed by atoms with E-state index in [1.54, 1.807) is 19.2 Å². The molecule has 0 spiro atoms. The van der Waals surface area contributed by atoms with Crippen LogP contribution in [0.4, 0.5) is 0 Å². The first-order valence-corrected chi connectivity index (χ1v) is 8.30. The number of aryl methyl sites for hydroxylation is 1. The third-order valence-electron chi connectivity index (χ3n) is 4.26. The van der Waals surface area contributed by atoms with Gasteiger partial charge in [0.05, 0.1) is 30.9 Å². The van der Waals surface area contributed by atoms with Crippen molar-refractivity contribution in [1.29, 1.82) is 0 Å². The molecule has 2 aromatic heterocycles. The van der Waals surface area contributed by atoms with Crippen LogP contribution in [-0.4, -0.2) is 35.6 Å². The zero-order chi connectivity index (χ0) is 19.4. The van der Waals surface area contributed by atoms with Gasteiger partial charge < -0.3 is 19.6 Å². The van der Waals surface area contributed by atoms with Crippen LogP contribution in [0.15, 0.2) is 48.7 Å². The van der Waals surface area contributed by atoms with Crippen molar-refractivity contribution in [3.63, 3.8) is 0 Å². The molecule has 0 saturated heterocycles. The number of rotatable bonds is 3. The fourth-order valence-electron chi connectivity index (χ4n) is 2.85. The van der Waals surface area contributed by atoms with Crippen LogP contribution in [0.3, 0.4) is 0 Å². The lowest BCUT2D eigenvalue weighted by Crippen LogP contribution is -1.85. The summed E-state index contributed by atoms with van der Waals surface area (Å²) in [4.78, 5) is 17.9. The van der Waals surface area contributed by atoms with E-state index in [4.69, 9.17) is 14.6 Å². The highest BCUT2D eigenvalue weighted by atomic mass is 16.5. The summed E-state index contributed by atoms with van der Waals surface area (Å²) in [6, 6.07) is 12.6. The Morgan fingerprint density at radius 3 is 2.52 bits per heavy atom. The fourth-order valence-corrected chi connectivity index (χ4v) is 2.85. The Labute approximate surface area is 156 Å². The zero-order valence-corrected chi connectivity index (χ0v) is 15.3. The van der Waals surface area contributed by atoms with Crippen LogP contribution in [0, 0.1) is 6.92 Å². The molecule has 0 fully saturated rings. The minimum atomic E-state index is -0.0166. The van der Waals surface area contributed by atoms with E-state index in [9.17, 15) is 4.79 Å². The molecule has 138 valence electrons. The number of nitrogens with one attached hydrogen (secondary N) is 1. The summed E-state index contributed by atoms with van der Waals surface area (Å²) in [5.41, 5.74) is 3.65. The first kappa shape index (κ1) is 18.3. The van der Waals surface area contributed by atoms with Gasteiger partial charge in [0.15, 0.2) is 11.5 Å². The molecule has 4 aromatic rings. The molecule has 6 heteroatoms. The SMILES string of the molecule is COc1ccc(C=O)cc1O.COc1ccc2c(c1)[nH]c1c(C)nccc12. The van der Waals surface area contributed by atoms with E-state index in [-0.39, 0.29) is 5.75 Å². The summed E-state index contributed by atoms with van der Waals surface area (Å²) < 4.78 is 9.99. The number of nitrogens with zero attached hydrogens (tertiary/aromatic N) is 1. The summed E-state index contributed by atoms with van der Waals surface area (Å²) in [7, 11) is 3.13. The number of methoxy groups -OCH3 is 2. The number of aromatic amines is 1. The number of hydrogen-bond acceptors (Lipinski definition) is 5. The summed E-state index contributed by atoms with van der Waals surface area (Å²) in [6.45, 7) is 2.01. The van der Waals surface area contributed by atoms with E-state index in [0.717, 1.165) is 22.5 Å². The minimum absolute atomic E-state index is 0.0166. The van der Waals surface area contributed by atoms with Crippen molar-refractivity contribution in [2.75, 3.05) is 14.2 Å². The molecular formula is C21H20N2O4. The number of phenolic OH excluding ortho intramolecular Hbond substituents is 1. The standard InChI is InChI=1S/C13H12N2O.C8H8O3/c1-8-13-11(5-6-14-8)10-4-3-9(16-2)7-12(10)15-13;1-11-8-3-2-6(5-9)4-7(8)10/h3-7,15H,1-2H3;2-5,10H,1H3. The number of carbonyl (C=O) groups excluding carboxylic acids is 1. The van der Waals surface area contributed by atoms with Crippen LogP contribution >= 0.6 is 0 Å². The van der Waals surface area contributed by atoms with Gasteiger partial charge in [0.25, 0.3) is 0 Å². The fraction of sp³-hybridized carbons (Fsp3) is 0.143. The second-order valence-electron chi connectivity index (χ2n) is 5.90. The average molecular weight is 364 g/mol. The molecule has 0 radical (unpaired) electrons. The molecule has 2 heterocycles. The molecule has 0 amide bonds. The molecule has 0 aliphatic carbocycles. The van der Waals surface area contributed by atoms with E-state index in [2.05, 4.69) is 16.0 Å². The molecular weight excluding hydrogens is 344 g/mol. The van der Waals surface area contributed by atoms with Crippen molar-refractivity contribution in [3.05, 3.63) is 59.9 Å².